The zero-order valence-electron chi connectivity index (χ0n) is 11.7. The topological polar surface area (TPSA) is 55.6 Å². The number of benzene rings is 1. The number of fused-ring (bicyclic) bond motifs is 2. The van der Waals surface area contributed by atoms with Crippen LogP contribution in [0.3, 0.4) is 0 Å². The van der Waals surface area contributed by atoms with Crippen LogP contribution < -0.4 is 4.74 Å². The van der Waals surface area contributed by atoms with Crippen molar-refractivity contribution in [1.29, 1.82) is 0 Å². The average Bonchev–Trinajstić information content (AvgIpc) is 2.69. The molecule has 1 aromatic carbocycles. The maximum absolute atomic E-state index is 11.1. The zero-order valence-corrected chi connectivity index (χ0v) is 11.7. The highest BCUT2D eigenvalue weighted by molar-refractivity contribution is 5.50. The van der Waals surface area contributed by atoms with E-state index in [1.54, 1.807) is 12.1 Å². The summed E-state index contributed by atoms with van der Waals surface area (Å²) in [4.78, 5) is 13.1. The molecule has 2 aliphatic rings. The lowest BCUT2D eigenvalue weighted by Crippen LogP contribution is -2.37. The van der Waals surface area contributed by atoms with Gasteiger partial charge >= 0.3 is 5.69 Å². The third-order valence-electron chi connectivity index (χ3n) is 4.54. The van der Waals surface area contributed by atoms with Gasteiger partial charge in [-0.25, -0.2) is 0 Å². The van der Waals surface area contributed by atoms with Crippen molar-refractivity contribution in [2.45, 2.75) is 30.8 Å². The maximum atomic E-state index is 11.1. The lowest BCUT2D eigenvalue weighted by atomic mass is 9.88. The highest BCUT2D eigenvalue weighted by Gasteiger charge is 2.38. The highest BCUT2D eigenvalue weighted by Crippen LogP contribution is 2.40. The third-order valence-corrected chi connectivity index (χ3v) is 4.54. The fourth-order valence-corrected chi connectivity index (χ4v) is 3.43. The van der Waals surface area contributed by atoms with Gasteiger partial charge in [-0.05, 0) is 31.5 Å². The minimum absolute atomic E-state index is 0.0428. The molecule has 3 rings (SSSR count). The Bertz CT molecular complexity index is 570. The summed E-state index contributed by atoms with van der Waals surface area (Å²) in [6.45, 7) is 0. The number of nitrogens with zero attached hydrogens (tertiary/aromatic N) is 2. The second-order valence-corrected chi connectivity index (χ2v) is 5.48. The molecule has 0 saturated carbocycles. The van der Waals surface area contributed by atoms with Crippen LogP contribution in [-0.4, -0.2) is 36.1 Å². The fourth-order valence-electron chi connectivity index (χ4n) is 3.43. The predicted octanol–water partition coefficient (Wildman–Crippen LogP) is 2.72. The Labute approximate surface area is 118 Å². The van der Waals surface area contributed by atoms with Gasteiger partial charge < -0.3 is 4.74 Å². The van der Waals surface area contributed by atoms with Gasteiger partial charge in [0, 0.05) is 24.1 Å². The summed E-state index contributed by atoms with van der Waals surface area (Å²) in [5.74, 6) is 0.541. The molecular weight excluding hydrogens is 256 g/mol. The number of hydrogen-bond acceptors (Lipinski definition) is 4. The number of ether oxygens (including phenoxy) is 1. The van der Waals surface area contributed by atoms with Crippen LogP contribution in [0.5, 0.6) is 5.75 Å². The molecule has 1 saturated heterocycles. The van der Waals surface area contributed by atoms with Gasteiger partial charge in [0.1, 0.15) is 0 Å². The van der Waals surface area contributed by atoms with Gasteiger partial charge in [-0.15, -0.1) is 0 Å². The maximum Gasteiger partial charge on any atom is 0.311 e. The first-order valence-corrected chi connectivity index (χ1v) is 6.84. The first-order chi connectivity index (χ1) is 9.61. The van der Waals surface area contributed by atoms with Gasteiger partial charge in [0.15, 0.2) is 5.75 Å². The van der Waals surface area contributed by atoms with E-state index < -0.39 is 0 Å². The highest BCUT2D eigenvalue weighted by atomic mass is 16.6. The van der Waals surface area contributed by atoms with Crippen molar-refractivity contribution in [2.75, 3.05) is 14.2 Å². The largest absolute Gasteiger partial charge is 0.490 e. The van der Waals surface area contributed by atoms with Crippen molar-refractivity contribution in [1.82, 2.24) is 4.90 Å². The summed E-state index contributed by atoms with van der Waals surface area (Å²) < 4.78 is 5.06. The molecular formula is C15H18N2O3. The van der Waals surface area contributed by atoms with Gasteiger partial charge in [-0.2, -0.15) is 0 Å². The smallest absolute Gasteiger partial charge is 0.311 e. The molecule has 20 heavy (non-hydrogen) atoms. The summed E-state index contributed by atoms with van der Waals surface area (Å²) in [6.07, 6.45) is 6.74. The summed E-state index contributed by atoms with van der Waals surface area (Å²) >= 11 is 0. The number of nitro benzene ring substituents is 1. The Morgan fingerprint density at radius 2 is 2.15 bits per heavy atom. The monoisotopic (exact) mass is 274 g/mol. The first kappa shape index (κ1) is 13.1. The standard InChI is InChI=1S/C15H18N2O3/c1-16-11-4-6-12(13(16)7-5-11)10-3-8-15(20-2)14(9-10)17(18)19/h3-4,6,8-9,11-13H,5,7H2,1-2H3. The van der Waals surface area contributed by atoms with E-state index >= 15 is 0 Å². The van der Waals surface area contributed by atoms with E-state index in [-0.39, 0.29) is 16.5 Å². The molecule has 2 aliphatic heterocycles. The Morgan fingerprint density at radius 3 is 2.85 bits per heavy atom. The van der Waals surface area contributed by atoms with Gasteiger partial charge in [-0.1, -0.05) is 18.2 Å². The lowest BCUT2D eigenvalue weighted by Gasteiger charge is -2.33. The van der Waals surface area contributed by atoms with Gasteiger partial charge in [0.2, 0.25) is 0 Å². The molecule has 106 valence electrons. The summed E-state index contributed by atoms with van der Waals surface area (Å²) in [5.41, 5.74) is 1.03. The van der Waals surface area contributed by atoms with Crippen molar-refractivity contribution in [3.05, 3.63) is 46.0 Å². The van der Waals surface area contributed by atoms with Crippen molar-refractivity contribution in [2.24, 2.45) is 0 Å². The van der Waals surface area contributed by atoms with Gasteiger partial charge in [0.05, 0.1) is 12.0 Å². The lowest BCUT2D eigenvalue weighted by molar-refractivity contribution is -0.385. The second-order valence-electron chi connectivity index (χ2n) is 5.48. The van der Waals surface area contributed by atoms with Crippen LogP contribution in [0, 0.1) is 10.1 Å². The van der Waals surface area contributed by atoms with Crippen molar-refractivity contribution >= 4 is 5.69 Å². The quantitative estimate of drug-likeness (QED) is 0.483. The van der Waals surface area contributed by atoms with Crippen LogP contribution in [-0.2, 0) is 0 Å². The molecule has 0 N–H and O–H groups in total. The van der Waals surface area contributed by atoms with Crippen LogP contribution in [0.1, 0.15) is 24.3 Å². The predicted molar refractivity (Wildman–Crippen MR) is 76.1 cm³/mol. The van der Waals surface area contributed by atoms with Gasteiger partial charge in [0.25, 0.3) is 0 Å². The Balaban J connectivity index is 1.99. The summed E-state index contributed by atoms with van der Waals surface area (Å²) in [6, 6.07) is 6.26. The van der Waals surface area contributed by atoms with E-state index in [0.29, 0.717) is 17.8 Å². The van der Waals surface area contributed by atoms with E-state index in [1.165, 1.54) is 13.5 Å². The molecule has 1 fully saturated rings. The van der Waals surface area contributed by atoms with Crippen LogP contribution in [0.25, 0.3) is 0 Å². The van der Waals surface area contributed by atoms with Crippen LogP contribution in [0.2, 0.25) is 0 Å². The van der Waals surface area contributed by atoms with E-state index in [0.717, 1.165) is 12.0 Å². The number of likely N-dealkylation sites (N-methyl/N-ethyl adjacent to an activating group) is 1. The molecule has 0 aromatic heterocycles. The fraction of sp³-hybridized carbons (Fsp3) is 0.467. The molecule has 5 nitrogen and oxygen atoms in total. The normalized spacial score (nSPS) is 28.6. The Morgan fingerprint density at radius 1 is 1.35 bits per heavy atom. The molecule has 3 atom stereocenters. The number of methoxy groups -OCH3 is 1. The molecule has 5 heteroatoms. The molecule has 0 radical (unpaired) electrons. The molecule has 1 aromatic rings. The van der Waals surface area contributed by atoms with Crippen LogP contribution in [0.15, 0.2) is 30.4 Å². The number of hydrogen-bond donors (Lipinski definition) is 0. The zero-order chi connectivity index (χ0) is 14.3. The summed E-state index contributed by atoms with van der Waals surface area (Å²) in [5, 5.41) is 11.1. The minimum atomic E-state index is -0.379. The van der Waals surface area contributed by atoms with E-state index in [9.17, 15) is 10.1 Å². The van der Waals surface area contributed by atoms with Crippen molar-refractivity contribution < 1.29 is 9.66 Å². The Hall–Kier alpha value is -1.88. The number of nitro groups is 1. The van der Waals surface area contributed by atoms with Crippen molar-refractivity contribution in [3.8, 4) is 5.75 Å². The molecule has 3 unspecified atom stereocenters. The molecule has 2 bridgehead atoms. The van der Waals surface area contributed by atoms with Crippen LogP contribution in [0.4, 0.5) is 5.69 Å². The minimum Gasteiger partial charge on any atom is -0.490 e. The third kappa shape index (κ3) is 1.98. The Kier molecular flexibility index (Phi) is 3.22. The molecule has 0 spiro atoms. The van der Waals surface area contributed by atoms with E-state index in [4.69, 9.17) is 4.74 Å². The first-order valence-electron chi connectivity index (χ1n) is 6.84. The van der Waals surface area contributed by atoms with E-state index in [1.807, 2.05) is 6.07 Å². The van der Waals surface area contributed by atoms with Gasteiger partial charge in [-0.3, -0.25) is 15.0 Å². The second kappa shape index (κ2) is 4.90. The summed E-state index contributed by atoms with van der Waals surface area (Å²) in [7, 11) is 3.59. The molecule has 0 aliphatic carbocycles. The molecule has 2 heterocycles. The van der Waals surface area contributed by atoms with Crippen LogP contribution >= 0.6 is 0 Å². The SMILES string of the molecule is COc1ccc(C2C=CC3CCC2N3C)cc1[N+](=O)[O-]. The molecule has 0 amide bonds. The van der Waals surface area contributed by atoms with Crippen molar-refractivity contribution in [3.63, 3.8) is 0 Å². The average molecular weight is 274 g/mol. The van der Waals surface area contributed by atoms with E-state index in [2.05, 4.69) is 24.1 Å². The number of rotatable bonds is 3.